The molecule has 0 unspecified atom stereocenters. The Morgan fingerprint density at radius 1 is 1.36 bits per heavy atom. The van der Waals surface area contributed by atoms with E-state index >= 15 is 0 Å². The van der Waals surface area contributed by atoms with Gasteiger partial charge in [0, 0.05) is 0 Å². The Morgan fingerprint density at radius 3 is 2.80 bits per heavy atom. The number of allylic oxidation sites excluding steroid dienone is 2. The highest BCUT2D eigenvalue weighted by Crippen LogP contribution is 2.59. The van der Waals surface area contributed by atoms with Crippen LogP contribution in [0.25, 0.3) is 0 Å². The number of fused-ring (bicyclic) bond motifs is 1. The molecular formula is C23H36O2. The second-order valence-electron chi connectivity index (χ2n) is 9.03. The van der Waals surface area contributed by atoms with E-state index in [9.17, 15) is 10.2 Å². The molecule has 0 saturated heterocycles. The highest BCUT2D eigenvalue weighted by atomic mass is 16.3. The summed E-state index contributed by atoms with van der Waals surface area (Å²) >= 11 is 0. The van der Waals surface area contributed by atoms with Crippen LogP contribution < -0.4 is 0 Å². The van der Waals surface area contributed by atoms with Crippen molar-refractivity contribution in [1.29, 1.82) is 0 Å². The number of hydrogen-bond acceptors (Lipinski definition) is 2. The minimum Gasteiger partial charge on any atom is -0.388 e. The van der Waals surface area contributed by atoms with Gasteiger partial charge in [0.15, 0.2) is 0 Å². The van der Waals surface area contributed by atoms with E-state index in [0.717, 1.165) is 29.7 Å². The first-order chi connectivity index (χ1) is 11.9. The highest BCUT2D eigenvalue weighted by molar-refractivity contribution is 5.29. The molecular weight excluding hydrogens is 308 g/mol. The Morgan fingerprint density at radius 2 is 2.12 bits per heavy atom. The smallest absolute Gasteiger partial charge is 0.0956 e. The molecule has 2 heteroatoms. The van der Waals surface area contributed by atoms with Gasteiger partial charge in [-0.3, -0.25) is 0 Å². The van der Waals surface area contributed by atoms with Crippen molar-refractivity contribution in [3.63, 3.8) is 0 Å². The molecule has 0 aliphatic heterocycles. The quantitative estimate of drug-likeness (QED) is 0.690. The van der Waals surface area contributed by atoms with Gasteiger partial charge in [-0.2, -0.15) is 0 Å². The maximum atomic E-state index is 10.0. The van der Waals surface area contributed by atoms with Gasteiger partial charge >= 0.3 is 0 Å². The number of aliphatic hydroxyl groups excluding tert-OH is 2. The monoisotopic (exact) mass is 344 g/mol. The van der Waals surface area contributed by atoms with Crippen LogP contribution in [0.4, 0.5) is 0 Å². The minimum absolute atomic E-state index is 0.480. The van der Waals surface area contributed by atoms with Crippen LogP contribution in [-0.2, 0) is 0 Å². The summed E-state index contributed by atoms with van der Waals surface area (Å²) in [5.41, 5.74) is 3.82. The molecule has 0 amide bonds. The van der Waals surface area contributed by atoms with Gasteiger partial charge in [0.05, 0.1) is 12.2 Å². The van der Waals surface area contributed by atoms with Gasteiger partial charge in [-0.25, -0.2) is 0 Å². The fraction of sp³-hybridized carbons (Fsp3) is 0.739. The number of hydrogen-bond donors (Lipinski definition) is 2. The van der Waals surface area contributed by atoms with E-state index in [1.807, 2.05) is 6.08 Å². The summed E-state index contributed by atoms with van der Waals surface area (Å²) < 4.78 is 0. The third-order valence-electron chi connectivity index (χ3n) is 7.65. The van der Waals surface area contributed by atoms with E-state index in [2.05, 4.69) is 33.4 Å². The zero-order valence-corrected chi connectivity index (χ0v) is 16.3. The van der Waals surface area contributed by atoms with E-state index in [1.165, 1.54) is 38.5 Å². The molecule has 0 spiro atoms. The normalized spacial score (nSPS) is 41.6. The summed E-state index contributed by atoms with van der Waals surface area (Å²) in [5.74, 6) is 2.44. The molecule has 0 aromatic heterocycles. The van der Waals surface area contributed by atoms with Crippen molar-refractivity contribution < 1.29 is 10.2 Å². The number of aliphatic hydroxyl groups is 2. The molecule has 25 heavy (non-hydrogen) atoms. The van der Waals surface area contributed by atoms with Crippen LogP contribution in [0.5, 0.6) is 0 Å². The SMILES string of the molecule is C=C1[C@H](O)C=C(C/C=C2\CCC[C@]3(C)[C@@H]([C@@H](C)CC)CC[C@@H]23)C[C@H]1O. The fourth-order valence-electron chi connectivity index (χ4n) is 5.93. The van der Waals surface area contributed by atoms with Crippen LogP contribution in [0.3, 0.4) is 0 Å². The van der Waals surface area contributed by atoms with Gasteiger partial charge in [0.25, 0.3) is 0 Å². The van der Waals surface area contributed by atoms with E-state index in [1.54, 1.807) is 5.57 Å². The van der Waals surface area contributed by atoms with Crippen molar-refractivity contribution >= 4 is 0 Å². The summed E-state index contributed by atoms with van der Waals surface area (Å²) in [5, 5.41) is 20.1. The lowest BCUT2D eigenvalue weighted by Crippen LogP contribution is -2.35. The second kappa shape index (κ2) is 7.40. The zero-order chi connectivity index (χ0) is 18.2. The number of rotatable bonds is 4. The average Bonchev–Trinajstić information content (AvgIpc) is 2.94. The van der Waals surface area contributed by atoms with Gasteiger partial charge in [-0.1, -0.05) is 57.1 Å². The van der Waals surface area contributed by atoms with Crippen LogP contribution in [0.2, 0.25) is 0 Å². The van der Waals surface area contributed by atoms with Gasteiger partial charge < -0.3 is 10.2 Å². The lowest BCUT2D eigenvalue weighted by Gasteiger charge is -2.44. The standard InChI is InChI=1S/C23H36O2/c1-5-15(2)19-10-11-20-18(7-6-12-23(19,20)4)9-8-17-13-21(24)16(3)22(25)14-17/h9,13,15,19-22,24-25H,3,5-8,10-12,14H2,1-2,4H3/b18-9+/t15-,19+,20-,21+,22+,23+/m0/s1. The van der Waals surface area contributed by atoms with Crippen molar-refractivity contribution in [1.82, 2.24) is 0 Å². The van der Waals surface area contributed by atoms with Crippen LogP contribution >= 0.6 is 0 Å². The first-order valence-electron chi connectivity index (χ1n) is 10.3. The highest BCUT2D eigenvalue weighted by Gasteiger charge is 2.50. The molecule has 6 atom stereocenters. The fourth-order valence-corrected chi connectivity index (χ4v) is 5.93. The maximum absolute atomic E-state index is 10.0. The zero-order valence-electron chi connectivity index (χ0n) is 16.3. The van der Waals surface area contributed by atoms with Gasteiger partial charge in [-0.05, 0) is 73.7 Å². The second-order valence-corrected chi connectivity index (χ2v) is 9.03. The third kappa shape index (κ3) is 3.53. The van der Waals surface area contributed by atoms with Crippen molar-refractivity contribution in [3.05, 3.63) is 35.5 Å². The predicted molar refractivity (Wildman–Crippen MR) is 104 cm³/mol. The van der Waals surface area contributed by atoms with E-state index in [0.29, 0.717) is 17.4 Å². The summed E-state index contributed by atoms with van der Waals surface area (Å²) in [6.45, 7) is 11.1. The van der Waals surface area contributed by atoms with Crippen molar-refractivity contribution in [2.24, 2.45) is 23.2 Å². The first-order valence-corrected chi connectivity index (χ1v) is 10.3. The molecule has 140 valence electrons. The summed E-state index contributed by atoms with van der Waals surface area (Å²) in [7, 11) is 0. The van der Waals surface area contributed by atoms with E-state index in [-0.39, 0.29) is 0 Å². The summed E-state index contributed by atoms with van der Waals surface area (Å²) in [6.07, 6.45) is 12.5. The minimum atomic E-state index is -0.685. The van der Waals surface area contributed by atoms with Crippen LogP contribution in [0, 0.1) is 23.2 Å². The van der Waals surface area contributed by atoms with Crippen LogP contribution in [-0.4, -0.2) is 22.4 Å². The summed E-state index contributed by atoms with van der Waals surface area (Å²) in [4.78, 5) is 0. The molecule has 3 rings (SSSR count). The van der Waals surface area contributed by atoms with Gasteiger partial charge in [0.2, 0.25) is 0 Å². The van der Waals surface area contributed by atoms with E-state index < -0.39 is 12.2 Å². The molecule has 0 heterocycles. The maximum Gasteiger partial charge on any atom is 0.0956 e. The Balaban J connectivity index is 1.74. The molecule has 2 saturated carbocycles. The van der Waals surface area contributed by atoms with Crippen molar-refractivity contribution in [2.45, 2.75) is 84.3 Å². The summed E-state index contributed by atoms with van der Waals surface area (Å²) in [6, 6.07) is 0. The van der Waals surface area contributed by atoms with Crippen molar-refractivity contribution in [3.8, 4) is 0 Å². The molecule has 2 N–H and O–H groups in total. The third-order valence-corrected chi connectivity index (χ3v) is 7.65. The molecule has 0 radical (unpaired) electrons. The molecule has 0 aromatic carbocycles. The first kappa shape index (κ1) is 18.9. The Labute approximate surface area is 153 Å². The lowest BCUT2D eigenvalue weighted by molar-refractivity contribution is 0.0959. The molecule has 0 bridgehead atoms. The molecule has 3 aliphatic rings. The molecule has 2 fully saturated rings. The average molecular weight is 345 g/mol. The molecule has 2 nitrogen and oxygen atoms in total. The molecule has 3 aliphatic carbocycles. The Kier molecular flexibility index (Phi) is 5.60. The van der Waals surface area contributed by atoms with Crippen molar-refractivity contribution in [2.75, 3.05) is 0 Å². The topological polar surface area (TPSA) is 40.5 Å². The van der Waals surface area contributed by atoms with E-state index in [4.69, 9.17) is 0 Å². The Bertz CT molecular complexity index is 573. The predicted octanol–water partition coefficient (Wildman–Crippen LogP) is 5.17. The Hall–Kier alpha value is -0.860. The van der Waals surface area contributed by atoms with Crippen LogP contribution in [0.15, 0.2) is 35.5 Å². The molecule has 0 aromatic rings. The van der Waals surface area contributed by atoms with Gasteiger partial charge in [0.1, 0.15) is 0 Å². The lowest BCUT2D eigenvalue weighted by atomic mass is 9.61. The van der Waals surface area contributed by atoms with Gasteiger partial charge in [-0.15, -0.1) is 0 Å². The van der Waals surface area contributed by atoms with Crippen LogP contribution in [0.1, 0.15) is 72.1 Å². The largest absolute Gasteiger partial charge is 0.388 e.